The molecule has 1 aromatic carbocycles. The highest BCUT2D eigenvalue weighted by Crippen LogP contribution is 2.24. The van der Waals surface area contributed by atoms with Gasteiger partial charge in [-0.15, -0.1) is 0 Å². The van der Waals surface area contributed by atoms with E-state index in [4.69, 9.17) is 4.74 Å². The van der Waals surface area contributed by atoms with E-state index in [1.165, 1.54) is 0 Å². The van der Waals surface area contributed by atoms with Crippen LogP contribution in [0, 0.1) is 0 Å². The number of hydrogen-bond acceptors (Lipinski definition) is 4. The number of benzene rings is 1. The van der Waals surface area contributed by atoms with Crippen molar-refractivity contribution < 1.29 is 4.74 Å². The molecule has 0 fully saturated rings. The van der Waals surface area contributed by atoms with Crippen molar-refractivity contribution in [2.24, 2.45) is 0 Å². The number of hydrogen-bond donors (Lipinski definition) is 0. The van der Waals surface area contributed by atoms with E-state index < -0.39 is 0 Å². The summed E-state index contributed by atoms with van der Waals surface area (Å²) in [6, 6.07) is 7.44. The van der Waals surface area contributed by atoms with Crippen molar-refractivity contribution in [1.82, 2.24) is 9.55 Å². The van der Waals surface area contributed by atoms with Crippen LogP contribution in [0.4, 0.5) is 0 Å². The number of thioether (sulfide) groups is 1. The molecule has 0 bridgehead atoms. The zero-order chi connectivity index (χ0) is 14.7. The highest BCUT2D eigenvalue weighted by molar-refractivity contribution is 7.99. The van der Waals surface area contributed by atoms with Gasteiger partial charge in [-0.3, -0.25) is 9.36 Å². The number of methoxy groups -OCH3 is 1. The van der Waals surface area contributed by atoms with Gasteiger partial charge in [0.05, 0.1) is 23.6 Å². The lowest BCUT2D eigenvalue weighted by atomic mass is 10.2. The van der Waals surface area contributed by atoms with Gasteiger partial charge in [0.2, 0.25) is 0 Å². The molecule has 0 radical (unpaired) electrons. The van der Waals surface area contributed by atoms with Gasteiger partial charge in [0.15, 0.2) is 5.16 Å². The van der Waals surface area contributed by atoms with E-state index in [1.807, 2.05) is 31.2 Å². The molecular weight excluding hydrogens is 272 g/mol. The molecule has 0 N–H and O–H groups in total. The normalized spacial score (nSPS) is 13.1. The summed E-state index contributed by atoms with van der Waals surface area (Å²) in [4.78, 5) is 17.4. The molecule has 0 saturated carbocycles. The van der Waals surface area contributed by atoms with E-state index >= 15 is 0 Å². The monoisotopic (exact) mass is 292 g/mol. The summed E-state index contributed by atoms with van der Waals surface area (Å²) in [6.45, 7) is 6.66. The number of ether oxygens (including phenoxy) is 1. The number of aromatic nitrogens is 2. The van der Waals surface area contributed by atoms with Crippen molar-refractivity contribution >= 4 is 22.7 Å². The molecule has 108 valence electrons. The number of nitrogens with zero attached hydrogens (tertiary/aromatic N) is 2. The Morgan fingerprint density at radius 2 is 2.00 bits per heavy atom. The lowest BCUT2D eigenvalue weighted by molar-refractivity contribution is 0.156. The van der Waals surface area contributed by atoms with Crippen LogP contribution in [0.15, 0.2) is 34.2 Å². The van der Waals surface area contributed by atoms with Gasteiger partial charge in [-0.1, -0.05) is 37.7 Å². The summed E-state index contributed by atoms with van der Waals surface area (Å²) in [5, 5.41) is 1.78. The zero-order valence-corrected chi connectivity index (χ0v) is 13.1. The predicted octanol–water partition coefficient (Wildman–Crippen LogP) is 3.10. The molecule has 2 aromatic rings. The van der Waals surface area contributed by atoms with E-state index in [0.29, 0.717) is 17.2 Å². The third kappa shape index (κ3) is 3.04. The molecule has 2 rings (SSSR count). The van der Waals surface area contributed by atoms with Crippen LogP contribution < -0.4 is 5.56 Å². The van der Waals surface area contributed by atoms with Crippen molar-refractivity contribution in [3.8, 4) is 0 Å². The predicted molar refractivity (Wildman–Crippen MR) is 83.6 cm³/mol. The molecule has 4 nitrogen and oxygen atoms in total. The Kier molecular flexibility index (Phi) is 4.83. The fourth-order valence-corrected chi connectivity index (χ4v) is 3.07. The fourth-order valence-electron chi connectivity index (χ4n) is 2.12. The second-order valence-corrected chi connectivity index (χ2v) is 6.60. The van der Waals surface area contributed by atoms with Crippen LogP contribution in [0.25, 0.3) is 10.9 Å². The Morgan fingerprint density at radius 3 is 2.65 bits per heavy atom. The summed E-state index contributed by atoms with van der Waals surface area (Å²) in [7, 11) is 1.64. The minimum absolute atomic E-state index is 0.00306. The third-order valence-electron chi connectivity index (χ3n) is 2.97. The SMILES string of the molecule is COCC(C)n1c(SC(C)C)nc2ccccc2c1=O. The first kappa shape index (κ1) is 15.1. The maximum absolute atomic E-state index is 12.7. The summed E-state index contributed by atoms with van der Waals surface area (Å²) in [5.74, 6) is 0. The van der Waals surface area contributed by atoms with Gasteiger partial charge >= 0.3 is 0 Å². The highest BCUT2D eigenvalue weighted by atomic mass is 32.2. The lowest BCUT2D eigenvalue weighted by Crippen LogP contribution is -2.28. The average molecular weight is 292 g/mol. The molecule has 1 aromatic heterocycles. The summed E-state index contributed by atoms with van der Waals surface area (Å²) >= 11 is 1.60. The zero-order valence-electron chi connectivity index (χ0n) is 12.3. The number of rotatable bonds is 5. The quantitative estimate of drug-likeness (QED) is 0.627. The lowest BCUT2D eigenvalue weighted by Gasteiger charge is -2.19. The summed E-state index contributed by atoms with van der Waals surface area (Å²) < 4.78 is 6.93. The van der Waals surface area contributed by atoms with E-state index in [9.17, 15) is 4.79 Å². The molecule has 0 spiro atoms. The van der Waals surface area contributed by atoms with Crippen LogP contribution in [0.3, 0.4) is 0 Å². The molecule has 0 aliphatic rings. The summed E-state index contributed by atoms with van der Waals surface area (Å²) in [6.07, 6.45) is 0. The molecule has 20 heavy (non-hydrogen) atoms. The van der Waals surface area contributed by atoms with Crippen molar-refractivity contribution in [2.45, 2.75) is 37.2 Å². The Labute approximate surface area is 123 Å². The maximum atomic E-state index is 12.7. The first-order valence-corrected chi connectivity index (χ1v) is 7.59. The molecule has 1 atom stereocenters. The van der Waals surface area contributed by atoms with Crippen LogP contribution in [0.5, 0.6) is 0 Å². The average Bonchev–Trinajstić information content (AvgIpc) is 2.38. The Bertz CT molecular complexity index is 652. The standard InChI is InChI=1S/C15H20N2O2S/c1-10(2)20-15-16-13-8-6-5-7-12(13)14(18)17(15)11(3)9-19-4/h5-8,10-11H,9H2,1-4H3. The minimum Gasteiger partial charge on any atom is -0.383 e. The minimum atomic E-state index is -0.0362. The number of para-hydroxylation sites is 1. The van der Waals surface area contributed by atoms with Gasteiger partial charge in [0.25, 0.3) is 5.56 Å². The molecule has 0 amide bonds. The van der Waals surface area contributed by atoms with E-state index in [2.05, 4.69) is 18.8 Å². The molecule has 0 aliphatic carbocycles. The Morgan fingerprint density at radius 1 is 1.30 bits per heavy atom. The highest BCUT2D eigenvalue weighted by Gasteiger charge is 2.17. The van der Waals surface area contributed by atoms with E-state index in [0.717, 1.165) is 10.7 Å². The van der Waals surface area contributed by atoms with Gasteiger partial charge in [-0.25, -0.2) is 4.98 Å². The molecule has 5 heteroatoms. The van der Waals surface area contributed by atoms with Crippen molar-refractivity contribution in [3.63, 3.8) is 0 Å². The third-order valence-corrected chi connectivity index (χ3v) is 3.94. The van der Waals surface area contributed by atoms with Crippen molar-refractivity contribution in [3.05, 3.63) is 34.6 Å². The van der Waals surface area contributed by atoms with Gasteiger partial charge in [0.1, 0.15) is 0 Å². The van der Waals surface area contributed by atoms with Gasteiger partial charge in [-0.2, -0.15) is 0 Å². The van der Waals surface area contributed by atoms with Crippen molar-refractivity contribution in [1.29, 1.82) is 0 Å². The molecular formula is C15H20N2O2S. The molecule has 1 heterocycles. The van der Waals surface area contributed by atoms with Gasteiger partial charge in [-0.05, 0) is 19.1 Å². The topological polar surface area (TPSA) is 44.1 Å². The summed E-state index contributed by atoms with van der Waals surface area (Å²) in [5.41, 5.74) is 0.754. The van der Waals surface area contributed by atoms with E-state index in [-0.39, 0.29) is 11.6 Å². The second kappa shape index (κ2) is 6.41. The first-order valence-electron chi connectivity index (χ1n) is 6.71. The smallest absolute Gasteiger partial charge is 0.262 e. The molecule has 1 unspecified atom stereocenters. The first-order chi connectivity index (χ1) is 9.54. The van der Waals surface area contributed by atoms with Crippen LogP contribution in [-0.4, -0.2) is 28.5 Å². The maximum Gasteiger partial charge on any atom is 0.262 e. The van der Waals surface area contributed by atoms with Crippen molar-refractivity contribution in [2.75, 3.05) is 13.7 Å². The van der Waals surface area contributed by atoms with Crippen LogP contribution in [0.2, 0.25) is 0 Å². The number of fused-ring (bicyclic) bond motifs is 1. The van der Waals surface area contributed by atoms with Crippen LogP contribution in [-0.2, 0) is 4.74 Å². The second-order valence-electron chi connectivity index (χ2n) is 5.06. The van der Waals surface area contributed by atoms with Crippen LogP contribution >= 0.6 is 11.8 Å². The molecule has 0 saturated heterocycles. The van der Waals surface area contributed by atoms with E-state index in [1.54, 1.807) is 23.4 Å². The van der Waals surface area contributed by atoms with Gasteiger partial charge < -0.3 is 4.74 Å². The largest absolute Gasteiger partial charge is 0.383 e. The van der Waals surface area contributed by atoms with Gasteiger partial charge in [0, 0.05) is 12.4 Å². The fraction of sp³-hybridized carbons (Fsp3) is 0.467. The molecule has 0 aliphatic heterocycles. The Hall–Kier alpha value is -1.33. The van der Waals surface area contributed by atoms with Crippen LogP contribution in [0.1, 0.15) is 26.8 Å². The Balaban J connectivity index is 2.66.